The molecule has 12 heteroatoms. The fourth-order valence-corrected chi connectivity index (χ4v) is 5.15. The number of hydrogen-bond acceptors (Lipinski definition) is 5. The lowest BCUT2D eigenvalue weighted by molar-refractivity contribution is -0.140. The number of pyridine rings is 1. The first-order chi connectivity index (χ1) is 15.5. The highest BCUT2D eigenvalue weighted by Gasteiger charge is 2.55. The molecule has 4 amide bonds. The van der Waals surface area contributed by atoms with Gasteiger partial charge < -0.3 is 15.1 Å². The van der Waals surface area contributed by atoms with Gasteiger partial charge in [-0.15, -0.1) is 0 Å². The minimum Gasteiger partial charge on any atom is -0.352 e. The summed E-state index contributed by atoms with van der Waals surface area (Å²) in [7, 11) is 0. The lowest BCUT2D eigenvalue weighted by atomic mass is 9.73. The van der Waals surface area contributed by atoms with Crippen LogP contribution in [0.25, 0.3) is 0 Å². The molecule has 0 bridgehead atoms. The maximum atomic E-state index is 13.1. The molecule has 2 unspecified atom stereocenters. The second-order valence-corrected chi connectivity index (χ2v) is 9.24. The van der Waals surface area contributed by atoms with Crippen LogP contribution in [0.2, 0.25) is 5.02 Å². The molecule has 1 aromatic heterocycles. The number of piperazine rings is 1. The van der Waals surface area contributed by atoms with Gasteiger partial charge in [0.1, 0.15) is 17.9 Å². The highest BCUT2D eigenvalue weighted by atomic mass is 35.5. The number of carbonyl (C=O) groups excluding carboxylic acids is 3. The molecule has 1 N–H and O–H groups in total. The van der Waals surface area contributed by atoms with E-state index >= 15 is 0 Å². The van der Waals surface area contributed by atoms with Gasteiger partial charge in [-0.1, -0.05) is 31.4 Å². The van der Waals surface area contributed by atoms with Crippen molar-refractivity contribution in [2.45, 2.75) is 44.3 Å². The number of carbonyl (C=O) groups is 3. The van der Waals surface area contributed by atoms with Crippen LogP contribution in [0.3, 0.4) is 0 Å². The van der Waals surface area contributed by atoms with E-state index in [1.54, 1.807) is 4.90 Å². The number of hydrogen-bond donors (Lipinski definition) is 1. The van der Waals surface area contributed by atoms with Crippen LogP contribution in [0, 0.1) is 5.92 Å². The van der Waals surface area contributed by atoms with E-state index < -0.39 is 23.3 Å². The SMILES string of the molecule is CC1CCCCC12NC(=O)N(CC(=O)N1CCN(c3ncc(C(F)(F)F)cc3Cl)CC1)C2=O. The van der Waals surface area contributed by atoms with Crippen LogP contribution in [0.4, 0.5) is 23.8 Å². The molecular weight excluding hydrogens is 463 g/mol. The van der Waals surface area contributed by atoms with E-state index in [0.29, 0.717) is 19.5 Å². The molecule has 3 aliphatic rings. The second-order valence-electron chi connectivity index (χ2n) is 8.83. The fourth-order valence-electron chi connectivity index (χ4n) is 4.86. The monoisotopic (exact) mass is 487 g/mol. The number of aromatic nitrogens is 1. The third-order valence-corrected chi connectivity index (χ3v) is 7.15. The summed E-state index contributed by atoms with van der Waals surface area (Å²) in [6.45, 7) is 2.77. The molecule has 3 heterocycles. The molecule has 33 heavy (non-hydrogen) atoms. The maximum Gasteiger partial charge on any atom is 0.417 e. The van der Waals surface area contributed by atoms with E-state index in [2.05, 4.69) is 10.3 Å². The van der Waals surface area contributed by atoms with Crippen molar-refractivity contribution >= 4 is 35.3 Å². The molecule has 2 aliphatic heterocycles. The van der Waals surface area contributed by atoms with Crippen LogP contribution in [0.1, 0.15) is 38.2 Å². The zero-order valence-corrected chi connectivity index (χ0v) is 18.9. The summed E-state index contributed by atoms with van der Waals surface area (Å²) >= 11 is 6.02. The van der Waals surface area contributed by atoms with E-state index in [1.165, 1.54) is 4.90 Å². The van der Waals surface area contributed by atoms with E-state index in [-0.39, 0.29) is 48.2 Å². The first-order valence-electron chi connectivity index (χ1n) is 10.9. The highest BCUT2D eigenvalue weighted by Crippen LogP contribution is 2.38. The van der Waals surface area contributed by atoms with E-state index in [0.717, 1.165) is 36.4 Å². The zero-order valence-electron chi connectivity index (χ0n) is 18.1. The van der Waals surface area contributed by atoms with Crippen molar-refractivity contribution in [3.8, 4) is 0 Å². The van der Waals surface area contributed by atoms with Crippen LogP contribution in [0.15, 0.2) is 12.3 Å². The summed E-state index contributed by atoms with van der Waals surface area (Å²) in [5.74, 6) is -0.469. The summed E-state index contributed by atoms with van der Waals surface area (Å²) in [4.78, 5) is 46.5. The predicted molar refractivity (Wildman–Crippen MR) is 114 cm³/mol. The average Bonchev–Trinajstić information content (AvgIpc) is 3.00. The van der Waals surface area contributed by atoms with Gasteiger partial charge in [-0.2, -0.15) is 13.2 Å². The Balaban J connectivity index is 1.36. The van der Waals surface area contributed by atoms with E-state index in [4.69, 9.17) is 11.6 Å². The van der Waals surface area contributed by atoms with Gasteiger partial charge in [-0.3, -0.25) is 14.5 Å². The molecule has 180 valence electrons. The Morgan fingerprint density at radius 3 is 2.55 bits per heavy atom. The van der Waals surface area contributed by atoms with Crippen molar-refractivity contribution < 1.29 is 27.6 Å². The lowest BCUT2D eigenvalue weighted by Gasteiger charge is -2.37. The van der Waals surface area contributed by atoms with Crippen molar-refractivity contribution in [3.05, 3.63) is 22.8 Å². The largest absolute Gasteiger partial charge is 0.417 e. The number of nitrogens with one attached hydrogen (secondary N) is 1. The molecule has 1 saturated carbocycles. The third-order valence-electron chi connectivity index (χ3n) is 6.88. The number of imide groups is 1. The van der Waals surface area contributed by atoms with Crippen LogP contribution >= 0.6 is 11.6 Å². The Morgan fingerprint density at radius 2 is 1.94 bits per heavy atom. The van der Waals surface area contributed by atoms with Gasteiger partial charge in [-0.05, 0) is 24.8 Å². The Morgan fingerprint density at radius 1 is 1.24 bits per heavy atom. The van der Waals surface area contributed by atoms with Crippen LogP contribution in [-0.2, 0) is 15.8 Å². The number of amides is 4. The molecule has 0 radical (unpaired) electrons. The first-order valence-corrected chi connectivity index (χ1v) is 11.3. The molecule has 8 nitrogen and oxygen atoms in total. The summed E-state index contributed by atoms with van der Waals surface area (Å²) in [5, 5.41) is 2.72. The van der Waals surface area contributed by atoms with Gasteiger partial charge in [0.25, 0.3) is 5.91 Å². The highest BCUT2D eigenvalue weighted by molar-refractivity contribution is 6.33. The van der Waals surface area contributed by atoms with Crippen molar-refractivity contribution in [1.29, 1.82) is 0 Å². The van der Waals surface area contributed by atoms with Crippen molar-refractivity contribution in [3.63, 3.8) is 0 Å². The third kappa shape index (κ3) is 4.34. The van der Waals surface area contributed by atoms with Crippen molar-refractivity contribution in [2.75, 3.05) is 37.6 Å². The summed E-state index contributed by atoms with van der Waals surface area (Å²) < 4.78 is 38.5. The molecule has 1 aromatic rings. The van der Waals surface area contributed by atoms with E-state index in [1.807, 2.05) is 6.92 Å². The van der Waals surface area contributed by atoms with Crippen LogP contribution in [0.5, 0.6) is 0 Å². The van der Waals surface area contributed by atoms with E-state index in [9.17, 15) is 27.6 Å². The van der Waals surface area contributed by atoms with Gasteiger partial charge in [0.2, 0.25) is 5.91 Å². The molecule has 4 rings (SSSR count). The Hall–Kier alpha value is -2.56. The van der Waals surface area contributed by atoms with Gasteiger partial charge in [0.05, 0.1) is 10.6 Å². The first kappa shape index (κ1) is 23.6. The minimum absolute atomic E-state index is 0.00679. The standard InChI is InChI=1S/C21H25ClF3N5O3/c1-13-4-2-3-5-20(13)18(32)30(19(33)27-20)12-16(31)28-6-8-29(9-7-28)17-15(22)10-14(11-26-17)21(23,24)25/h10-11,13H,2-9,12H2,1H3,(H,27,33). The smallest absolute Gasteiger partial charge is 0.352 e. The topological polar surface area (TPSA) is 85.8 Å². The fraction of sp³-hybridized carbons (Fsp3) is 0.619. The Bertz CT molecular complexity index is 967. The quantitative estimate of drug-likeness (QED) is 0.663. The van der Waals surface area contributed by atoms with Crippen LogP contribution < -0.4 is 10.2 Å². The average molecular weight is 488 g/mol. The van der Waals surface area contributed by atoms with Gasteiger partial charge >= 0.3 is 12.2 Å². The predicted octanol–water partition coefficient (Wildman–Crippen LogP) is 2.90. The van der Waals surface area contributed by atoms with Gasteiger partial charge in [-0.25, -0.2) is 9.78 Å². The molecule has 1 spiro atoms. The number of anilines is 1. The number of urea groups is 1. The van der Waals surface area contributed by atoms with Crippen LogP contribution in [-0.4, -0.2) is 70.9 Å². The number of nitrogens with zero attached hydrogens (tertiary/aromatic N) is 4. The van der Waals surface area contributed by atoms with Crippen molar-refractivity contribution in [1.82, 2.24) is 20.1 Å². The second kappa shape index (κ2) is 8.66. The molecule has 3 fully saturated rings. The normalized spacial score (nSPS) is 26.2. The maximum absolute atomic E-state index is 13.1. The molecule has 0 aromatic carbocycles. The molecule has 2 atom stereocenters. The lowest BCUT2D eigenvalue weighted by Crippen LogP contribution is -2.55. The molecular formula is C21H25ClF3N5O3. The minimum atomic E-state index is -4.53. The van der Waals surface area contributed by atoms with Gasteiger partial charge in [0, 0.05) is 32.4 Å². The number of halogens is 4. The molecule has 1 aliphatic carbocycles. The van der Waals surface area contributed by atoms with Gasteiger partial charge in [0.15, 0.2) is 0 Å². The summed E-state index contributed by atoms with van der Waals surface area (Å²) in [6.07, 6.45) is -0.529. The summed E-state index contributed by atoms with van der Waals surface area (Å²) in [6, 6.07) is 0.294. The summed E-state index contributed by atoms with van der Waals surface area (Å²) in [5.41, 5.74) is -1.84. The Kier molecular flexibility index (Phi) is 6.19. The van der Waals surface area contributed by atoms with Crippen molar-refractivity contribution in [2.24, 2.45) is 5.92 Å². The number of rotatable bonds is 3. The zero-order chi connectivity index (χ0) is 24.0. The Labute approximate surface area is 194 Å². The molecule has 2 saturated heterocycles. The number of alkyl halides is 3.